The molecule has 0 saturated carbocycles. The van der Waals surface area contributed by atoms with Gasteiger partial charge in [-0.15, -0.1) is 0 Å². The zero-order valence-electron chi connectivity index (χ0n) is 14.5. The maximum absolute atomic E-state index is 8.82. The summed E-state index contributed by atoms with van der Waals surface area (Å²) in [4.78, 5) is 11.5. The molecular weight excluding hydrogens is 312 g/mol. The number of hydrogen-bond donors (Lipinski definition) is 3. The first-order valence-corrected chi connectivity index (χ1v) is 8.83. The Hall–Kier alpha value is -2.81. The largest absolute Gasteiger partial charge is 0.356 e. The lowest BCUT2D eigenvalue weighted by atomic mass is 10.1. The number of rotatable bonds is 10. The third-order valence-electron chi connectivity index (χ3n) is 3.88. The van der Waals surface area contributed by atoms with E-state index in [0.717, 1.165) is 50.8 Å². The number of guanidine groups is 1. The molecule has 1 heterocycles. The van der Waals surface area contributed by atoms with Gasteiger partial charge in [-0.25, -0.2) is 4.98 Å². The molecule has 0 aliphatic rings. The quantitative estimate of drug-likeness (QED) is 0.204. The smallest absolute Gasteiger partial charge is 0.204 e. The Morgan fingerprint density at radius 1 is 1.12 bits per heavy atom. The molecule has 0 spiro atoms. The number of hydrogen-bond acceptors (Lipinski definition) is 3. The molecule has 0 unspecified atom stereocenters. The Kier molecular flexibility index (Phi) is 8.66. The van der Waals surface area contributed by atoms with Crippen molar-refractivity contribution in [2.75, 3.05) is 13.1 Å². The number of nitriles is 1. The number of unbranched alkanes of at least 4 members (excludes halogenated alkanes) is 2. The fraction of sp³-hybridized carbons (Fsp3) is 0.421. The third-order valence-corrected chi connectivity index (χ3v) is 3.88. The van der Waals surface area contributed by atoms with Crippen LogP contribution in [0.4, 0.5) is 0 Å². The molecule has 0 radical (unpaired) electrons. The van der Waals surface area contributed by atoms with E-state index >= 15 is 0 Å². The van der Waals surface area contributed by atoms with Gasteiger partial charge in [0.05, 0.1) is 6.33 Å². The first-order valence-electron chi connectivity index (χ1n) is 8.83. The van der Waals surface area contributed by atoms with Crippen molar-refractivity contribution in [3.63, 3.8) is 0 Å². The van der Waals surface area contributed by atoms with Crippen molar-refractivity contribution < 1.29 is 0 Å². The van der Waals surface area contributed by atoms with Gasteiger partial charge in [-0.1, -0.05) is 30.3 Å². The Morgan fingerprint density at radius 2 is 1.96 bits per heavy atom. The second-order valence-corrected chi connectivity index (χ2v) is 5.87. The summed E-state index contributed by atoms with van der Waals surface area (Å²) >= 11 is 0. The van der Waals surface area contributed by atoms with Crippen LogP contribution in [-0.2, 0) is 12.8 Å². The molecule has 0 aliphatic carbocycles. The number of H-pyrrole nitrogens is 1. The van der Waals surface area contributed by atoms with Crippen LogP contribution in [0.3, 0.4) is 0 Å². The standard InChI is InChI=1S/C19H26N6/c20-15-24-19(23-13-7-5-11-18-14-21-16-25-18)22-12-6-4-10-17-8-2-1-3-9-17/h1-3,8-9,14,16H,4-7,10-13H2,(H,21,25)(H2,22,23,24). The molecule has 6 heteroatoms. The van der Waals surface area contributed by atoms with E-state index in [1.165, 1.54) is 5.56 Å². The summed E-state index contributed by atoms with van der Waals surface area (Å²) < 4.78 is 0. The molecule has 25 heavy (non-hydrogen) atoms. The number of nitrogens with zero attached hydrogens (tertiary/aromatic N) is 3. The molecule has 0 amide bonds. The molecule has 0 atom stereocenters. The van der Waals surface area contributed by atoms with E-state index in [0.29, 0.717) is 12.5 Å². The van der Waals surface area contributed by atoms with E-state index in [1.807, 2.05) is 18.5 Å². The minimum absolute atomic E-state index is 0.573. The number of imidazole rings is 1. The van der Waals surface area contributed by atoms with Gasteiger partial charge in [0.2, 0.25) is 5.96 Å². The van der Waals surface area contributed by atoms with E-state index in [-0.39, 0.29) is 0 Å². The summed E-state index contributed by atoms with van der Waals surface area (Å²) in [5, 5.41) is 14.7. The number of aromatic nitrogens is 2. The third kappa shape index (κ3) is 8.02. The van der Waals surface area contributed by atoms with Gasteiger partial charge in [-0.3, -0.25) is 10.3 Å². The van der Waals surface area contributed by atoms with Crippen LogP contribution >= 0.6 is 0 Å². The summed E-state index contributed by atoms with van der Waals surface area (Å²) in [6.07, 6.45) is 11.7. The van der Waals surface area contributed by atoms with Crippen molar-refractivity contribution in [3.05, 3.63) is 54.1 Å². The molecule has 0 saturated heterocycles. The molecule has 1 aromatic carbocycles. The van der Waals surface area contributed by atoms with Crippen molar-refractivity contribution in [3.8, 4) is 6.19 Å². The van der Waals surface area contributed by atoms with E-state index in [2.05, 4.69) is 49.9 Å². The molecular formula is C19H26N6. The van der Waals surface area contributed by atoms with Crippen LogP contribution in [0.2, 0.25) is 0 Å². The van der Waals surface area contributed by atoms with Crippen molar-refractivity contribution in [2.24, 2.45) is 4.99 Å². The van der Waals surface area contributed by atoms with Crippen molar-refractivity contribution in [1.82, 2.24) is 20.6 Å². The summed E-state index contributed by atoms with van der Waals surface area (Å²) in [6, 6.07) is 10.5. The SMILES string of the molecule is N#CNC(=NCCCCc1cnc[nH]1)NCCCCc1ccccc1. The predicted octanol–water partition coefficient (Wildman–Crippen LogP) is 2.77. The highest BCUT2D eigenvalue weighted by molar-refractivity contribution is 5.81. The van der Waals surface area contributed by atoms with Crippen molar-refractivity contribution in [2.45, 2.75) is 38.5 Å². The molecule has 3 N–H and O–H groups in total. The van der Waals surface area contributed by atoms with Gasteiger partial charge < -0.3 is 10.3 Å². The summed E-state index contributed by atoms with van der Waals surface area (Å²) in [5.41, 5.74) is 2.51. The Balaban J connectivity index is 1.58. The van der Waals surface area contributed by atoms with Crippen LogP contribution in [0.25, 0.3) is 0 Å². The van der Waals surface area contributed by atoms with Crippen molar-refractivity contribution in [1.29, 1.82) is 5.26 Å². The highest BCUT2D eigenvalue weighted by atomic mass is 15.2. The molecule has 6 nitrogen and oxygen atoms in total. The summed E-state index contributed by atoms with van der Waals surface area (Å²) in [5.74, 6) is 0.573. The maximum atomic E-state index is 8.82. The van der Waals surface area contributed by atoms with Crippen molar-refractivity contribution >= 4 is 5.96 Å². The van der Waals surface area contributed by atoms with Crippen LogP contribution in [0.1, 0.15) is 36.9 Å². The first-order chi connectivity index (χ1) is 12.4. The van der Waals surface area contributed by atoms with Crippen LogP contribution in [0.5, 0.6) is 0 Å². The molecule has 0 fully saturated rings. The average Bonchev–Trinajstić information content (AvgIpc) is 3.15. The number of aryl methyl sites for hydroxylation is 2. The monoisotopic (exact) mass is 338 g/mol. The number of nitrogens with one attached hydrogen (secondary N) is 3. The normalized spacial score (nSPS) is 11.1. The van der Waals surface area contributed by atoms with Crippen LogP contribution in [-0.4, -0.2) is 29.0 Å². The number of benzene rings is 1. The molecule has 1 aromatic heterocycles. The van der Waals surface area contributed by atoms with E-state index in [4.69, 9.17) is 5.26 Å². The second kappa shape index (κ2) is 11.7. The summed E-state index contributed by atoms with van der Waals surface area (Å²) in [6.45, 7) is 1.52. The average molecular weight is 338 g/mol. The van der Waals surface area contributed by atoms with Crippen LogP contribution in [0.15, 0.2) is 47.8 Å². The van der Waals surface area contributed by atoms with E-state index in [1.54, 1.807) is 6.33 Å². The molecule has 0 aliphatic heterocycles. The molecule has 132 valence electrons. The van der Waals surface area contributed by atoms with Crippen LogP contribution in [0, 0.1) is 11.5 Å². The highest BCUT2D eigenvalue weighted by Crippen LogP contribution is 2.04. The lowest BCUT2D eigenvalue weighted by molar-refractivity contribution is 0.695. The number of aromatic amines is 1. The van der Waals surface area contributed by atoms with Gasteiger partial charge in [-0.2, -0.15) is 5.26 Å². The Morgan fingerprint density at radius 3 is 2.72 bits per heavy atom. The highest BCUT2D eigenvalue weighted by Gasteiger charge is 1.98. The predicted molar refractivity (Wildman–Crippen MR) is 100.0 cm³/mol. The van der Waals surface area contributed by atoms with E-state index < -0.39 is 0 Å². The molecule has 0 bridgehead atoms. The van der Waals surface area contributed by atoms with Crippen LogP contribution < -0.4 is 10.6 Å². The lowest BCUT2D eigenvalue weighted by Gasteiger charge is -2.08. The Bertz CT molecular complexity index is 642. The Labute approximate surface area is 149 Å². The van der Waals surface area contributed by atoms with Gasteiger partial charge in [0, 0.05) is 25.0 Å². The molecule has 2 rings (SSSR count). The first kappa shape index (κ1) is 18.5. The van der Waals surface area contributed by atoms with Gasteiger partial charge >= 0.3 is 0 Å². The topological polar surface area (TPSA) is 88.9 Å². The van der Waals surface area contributed by atoms with Gasteiger partial charge in [0.1, 0.15) is 0 Å². The van der Waals surface area contributed by atoms with E-state index in [9.17, 15) is 0 Å². The molecule has 2 aromatic rings. The lowest BCUT2D eigenvalue weighted by Crippen LogP contribution is -2.35. The second-order valence-electron chi connectivity index (χ2n) is 5.87. The minimum atomic E-state index is 0.573. The fourth-order valence-corrected chi connectivity index (χ4v) is 2.54. The van der Waals surface area contributed by atoms with Gasteiger partial charge in [-0.05, 0) is 44.1 Å². The summed E-state index contributed by atoms with van der Waals surface area (Å²) in [7, 11) is 0. The maximum Gasteiger partial charge on any atom is 0.204 e. The minimum Gasteiger partial charge on any atom is -0.356 e. The van der Waals surface area contributed by atoms with Gasteiger partial charge in [0.25, 0.3) is 0 Å². The zero-order valence-corrected chi connectivity index (χ0v) is 14.5. The zero-order chi connectivity index (χ0) is 17.6. The van der Waals surface area contributed by atoms with Gasteiger partial charge in [0.15, 0.2) is 6.19 Å². The number of aliphatic imine (C=N–C) groups is 1. The fourth-order valence-electron chi connectivity index (χ4n) is 2.54.